The van der Waals surface area contributed by atoms with Gasteiger partial charge in [-0.25, -0.2) is 0 Å². The highest BCUT2D eigenvalue weighted by Gasteiger charge is 2.52. The molecule has 0 aromatic heterocycles. The summed E-state index contributed by atoms with van der Waals surface area (Å²) in [5.74, 6) is 4.30. The number of ether oxygens (including phenoxy) is 2. The standard InChI is InChI=1S/C29H38ClNO2/c1-4-32-27-13-25(12-26(30)28(27)33-18-21-7-5-6-19(2)8-21)17-31-20(3)29-14-22-9-23(15-29)11-24(10-22)16-29/h5-8,12-13,20,22-24,31H,4,9-11,14-18H2,1-3H3. The van der Waals surface area contributed by atoms with Gasteiger partial charge in [-0.05, 0) is 106 Å². The Labute approximate surface area is 204 Å². The molecule has 1 atom stereocenters. The molecule has 4 fully saturated rings. The van der Waals surface area contributed by atoms with Crippen LogP contribution in [-0.4, -0.2) is 12.6 Å². The van der Waals surface area contributed by atoms with Crippen LogP contribution in [0.15, 0.2) is 36.4 Å². The van der Waals surface area contributed by atoms with Gasteiger partial charge in [0.05, 0.1) is 11.6 Å². The molecular formula is C29H38ClNO2. The van der Waals surface area contributed by atoms with Gasteiger partial charge in [-0.1, -0.05) is 41.4 Å². The molecule has 0 saturated heterocycles. The molecule has 0 heterocycles. The minimum Gasteiger partial charge on any atom is -0.490 e. The molecule has 3 nitrogen and oxygen atoms in total. The zero-order valence-electron chi connectivity index (χ0n) is 20.3. The summed E-state index contributed by atoms with van der Waals surface area (Å²) in [7, 11) is 0. The van der Waals surface area contributed by atoms with Crippen LogP contribution < -0.4 is 14.8 Å². The molecule has 2 aromatic carbocycles. The summed E-state index contributed by atoms with van der Waals surface area (Å²) in [6.07, 6.45) is 8.73. The Balaban J connectivity index is 1.27. The summed E-state index contributed by atoms with van der Waals surface area (Å²) in [6, 6.07) is 13.0. The van der Waals surface area contributed by atoms with Gasteiger partial charge in [-0.2, -0.15) is 0 Å². The Morgan fingerprint density at radius 1 is 1.00 bits per heavy atom. The largest absolute Gasteiger partial charge is 0.490 e. The summed E-state index contributed by atoms with van der Waals surface area (Å²) in [5, 5.41) is 4.50. The zero-order chi connectivity index (χ0) is 23.0. The van der Waals surface area contributed by atoms with Crippen LogP contribution in [-0.2, 0) is 13.2 Å². The molecular weight excluding hydrogens is 430 g/mol. The Morgan fingerprint density at radius 2 is 1.70 bits per heavy atom. The SMILES string of the molecule is CCOc1cc(CNC(C)C23CC4CC(CC(C4)C2)C3)cc(Cl)c1OCc1cccc(C)c1. The Hall–Kier alpha value is -1.71. The van der Waals surface area contributed by atoms with Crippen molar-refractivity contribution in [2.45, 2.75) is 78.5 Å². The molecule has 0 amide bonds. The van der Waals surface area contributed by atoms with Gasteiger partial charge in [0.15, 0.2) is 11.5 Å². The lowest BCUT2D eigenvalue weighted by molar-refractivity contribution is -0.0706. The van der Waals surface area contributed by atoms with Crippen molar-refractivity contribution in [1.29, 1.82) is 0 Å². The molecule has 33 heavy (non-hydrogen) atoms. The lowest BCUT2D eigenvalue weighted by atomic mass is 9.48. The maximum Gasteiger partial charge on any atom is 0.180 e. The topological polar surface area (TPSA) is 30.5 Å². The first-order chi connectivity index (χ1) is 15.9. The minimum atomic E-state index is 0.474. The normalized spacial score (nSPS) is 28.7. The monoisotopic (exact) mass is 467 g/mol. The number of aryl methyl sites for hydroxylation is 1. The molecule has 4 aliphatic carbocycles. The van der Waals surface area contributed by atoms with Gasteiger partial charge in [-0.15, -0.1) is 0 Å². The Kier molecular flexibility index (Phi) is 6.64. The summed E-state index contributed by atoms with van der Waals surface area (Å²) >= 11 is 6.71. The average Bonchev–Trinajstić information content (AvgIpc) is 2.76. The van der Waals surface area contributed by atoms with E-state index in [1.54, 1.807) is 0 Å². The number of nitrogens with one attached hydrogen (secondary N) is 1. The van der Waals surface area contributed by atoms with Crippen molar-refractivity contribution >= 4 is 11.6 Å². The van der Waals surface area contributed by atoms with Crippen molar-refractivity contribution in [3.05, 3.63) is 58.1 Å². The van der Waals surface area contributed by atoms with Crippen LogP contribution >= 0.6 is 11.6 Å². The second-order valence-corrected chi connectivity index (χ2v) is 11.4. The molecule has 1 unspecified atom stereocenters. The van der Waals surface area contributed by atoms with Crippen molar-refractivity contribution in [3.8, 4) is 11.5 Å². The van der Waals surface area contributed by atoms with Crippen molar-refractivity contribution in [2.75, 3.05) is 6.61 Å². The van der Waals surface area contributed by atoms with Gasteiger partial charge in [0, 0.05) is 12.6 Å². The van der Waals surface area contributed by atoms with Gasteiger partial charge in [0.1, 0.15) is 6.61 Å². The first-order valence-corrected chi connectivity index (χ1v) is 13.2. The molecule has 4 saturated carbocycles. The van der Waals surface area contributed by atoms with Crippen LogP contribution in [0.4, 0.5) is 0 Å². The van der Waals surface area contributed by atoms with Gasteiger partial charge >= 0.3 is 0 Å². The van der Waals surface area contributed by atoms with Crippen molar-refractivity contribution < 1.29 is 9.47 Å². The summed E-state index contributed by atoms with van der Waals surface area (Å²) in [5.41, 5.74) is 4.01. The smallest absolute Gasteiger partial charge is 0.180 e. The zero-order valence-corrected chi connectivity index (χ0v) is 21.1. The van der Waals surface area contributed by atoms with Crippen LogP contribution in [0.5, 0.6) is 11.5 Å². The molecule has 4 heteroatoms. The number of benzene rings is 2. The minimum absolute atomic E-state index is 0.474. The highest BCUT2D eigenvalue weighted by molar-refractivity contribution is 6.32. The highest BCUT2D eigenvalue weighted by atomic mass is 35.5. The third kappa shape index (κ3) is 4.91. The summed E-state index contributed by atoms with van der Waals surface area (Å²) in [4.78, 5) is 0. The van der Waals surface area contributed by atoms with Gasteiger partial charge in [-0.3, -0.25) is 0 Å². The van der Waals surface area contributed by atoms with Crippen LogP contribution in [0, 0.1) is 30.1 Å². The molecule has 4 bridgehead atoms. The van der Waals surface area contributed by atoms with E-state index in [0.717, 1.165) is 41.2 Å². The van der Waals surface area contributed by atoms with Gasteiger partial charge in [0.2, 0.25) is 0 Å². The third-order valence-electron chi connectivity index (χ3n) is 8.45. The molecule has 4 aliphatic rings. The highest BCUT2D eigenvalue weighted by Crippen LogP contribution is 2.61. The van der Waals surface area contributed by atoms with E-state index < -0.39 is 0 Å². The second kappa shape index (κ2) is 9.50. The first-order valence-electron chi connectivity index (χ1n) is 12.8. The molecule has 0 spiro atoms. The Bertz CT molecular complexity index is 952. The van der Waals surface area contributed by atoms with Crippen LogP contribution in [0.25, 0.3) is 0 Å². The average molecular weight is 468 g/mol. The van der Waals surface area contributed by atoms with E-state index in [9.17, 15) is 0 Å². The quantitative estimate of drug-likeness (QED) is 0.419. The van der Waals surface area contributed by atoms with Crippen molar-refractivity contribution in [2.24, 2.45) is 23.2 Å². The first kappa shape index (κ1) is 23.1. The molecule has 0 aliphatic heterocycles. The van der Waals surface area contributed by atoms with Crippen molar-refractivity contribution in [3.63, 3.8) is 0 Å². The number of halogens is 1. The summed E-state index contributed by atoms with van der Waals surface area (Å²) in [6.45, 7) is 8.37. The van der Waals surface area contributed by atoms with E-state index in [2.05, 4.69) is 49.5 Å². The third-order valence-corrected chi connectivity index (χ3v) is 8.73. The van der Waals surface area contributed by atoms with E-state index in [-0.39, 0.29) is 0 Å². The lowest BCUT2D eigenvalue weighted by Crippen LogP contribution is -2.54. The Morgan fingerprint density at radius 3 is 2.33 bits per heavy atom. The van der Waals surface area contributed by atoms with E-state index in [4.69, 9.17) is 21.1 Å². The van der Waals surface area contributed by atoms with Crippen LogP contribution in [0.2, 0.25) is 5.02 Å². The maximum absolute atomic E-state index is 6.71. The van der Waals surface area contributed by atoms with E-state index in [1.807, 2.05) is 13.0 Å². The van der Waals surface area contributed by atoms with Crippen LogP contribution in [0.3, 0.4) is 0 Å². The molecule has 178 valence electrons. The number of hydrogen-bond donors (Lipinski definition) is 1. The maximum atomic E-state index is 6.71. The van der Waals surface area contributed by atoms with Crippen LogP contribution in [0.1, 0.15) is 69.1 Å². The fourth-order valence-electron chi connectivity index (χ4n) is 7.28. The van der Waals surface area contributed by atoms with E-state index in [0.29, 0.717) is 35.4 Å². The summed E-state index contributed by atoms with van der Waals surface area (Å²) < 4.78 is 12.1. The fourth-order valence-corrected chi connectivity index (χ4v) is 7.57. The van der Waals surface area contributed by atoms with Gasteiger partial charge in [0.25, 0.3) is 0 Å². The fraction of sp³-hybridized carbons (Fsp3) is 0.586. The molecule has 2 aromatic rings. The number of rotatable bonds is 9. The molecule has 6 rings (SSSR count). The predicted octanol–water partition coefficient (Wildman–Crippen LogP) is 7.32. The van der Waals surface area contributed by atoms with Gasteiger partial charge < -0.3 is 14.8 Å². The lowest BCUT2D eigenvalue weighted by Gasteiger charge is -2.59. The van der Waals surface area contributed by atoms with E-state index in [1.165, 1.54) is 44.1 Å². The number of hydrogen-bond acceptors (Lipinski definition) is 3. The molecule has 0 radical (unpaired) electrons. The predicted molar refractivity (Wildman–Crippen MR) is 135 cm³/mol. The second-order valence-electron chi connectivity index (χ2n) is 11.0. The van der Waals surface area contributed by atoms with Crippen molar-refractivity contribution in [1.82, 2.24) is 5.32 Å². The van der Waals surface area contributed by atoms with E-state index >= 15 is 0 Å². The molecule has 1 N–H and O–H groups in total.